The van der Waals surface area contributed by atoms with E-state index in [0.29, 0.717) is 12.4 Å². The summed E-state index contributed by atoms with van der Waals surface area (Å²) in [6.07, 6.45) is 0. The zero-order valence-electron chi connectivity index (χ0n) is 16.2. The molecule has 0 saturated carbocycles. The number of nitrogens with zero attached hydrogens (tertiary/aromatic N) is 1. The second kappa shape index (κ2) is 8.31. The molecule has 1 aromatic heterocycles. The molecule has 0 radical (unpaired) electrons. The highest BCUT2D eigenvalue weighted by atomic mass is 32.1. The normalized spacial score (nSPS) is 10.6. The van der Waals surface area contributed by atoms with Gasteiger partial charge < -0.3 is 18.9 Å². The van der Waals surface area contributed by atoms with Crippen LogP contribution in [0, 0.1) is 6.92 Å². The van der Waals surface area contributed by atoms with E-state index >= 15 is 0 Å². The van der Waals surface area contributed by atoms with Gasteiger partial charge >= 0.3 is 0 Å². The highest BCUT2D eigenvalue weighted by molar-refractivity contribution is 7.15. The summed E-state index contributed by atoms with van der Waals surface area (Å²) in [5.41, 5.74) is 2.83. The Balaban J connectivity index is 2.03. The molecule has 0 saturated heterocycles. The van der Waals surface area contributed by atoms with Gasteiger partial charge in [-0.25, -0.2) is 4.98 Å². The van der Waals surface area contributed by atoms with E-state index in [9.17, 15) is 0 Å². The first-order valence-electron chi connectivity index (χ1n) is 8.62. The molecule has 3 aromatic rings. The summed E-state index contributed by atoms with van der Waals surface area (Å²) in [5, 5.41) is 0.918. The molecule has 0 fully saturated rings. The molecule has 27 heavy (non-hydrogen) atoms. The zero-order chi connectivity index (χ0) is 19.4. The van der Waals surface area contributed by atoms with Crippen molar-refractivity contribution in [2.45, 2.75) is 13.8 Å². The Kier molecular flexibility index (Phi) is 5.86. The minimum absolute atomic E-state index is 0.591. The summed E-state index contributed by atoms with van der Waals surface area (Å²) < 4.78 is 21.9. The molecule has 5 nitrogen and oxygen atoms in total. The lowest BCUT2D eigenvalue weighted by Gasteiger charge is -2.10. The number of aryl methyl sites for hydroxylation is 1. The number of benzene rings is 2. The average Bonchev–Trinajstić information content (AvgIpc) is 3.09. The van der Waals surface area contributed by atoms with Gasteiger partial charge in [-0.15, -0.1) is 11.3 Å². The van der Waals surface area contributed by atoms with Gasteiger partial charge in [-0.2, -0.15) is 0 Å². The fourth-order valence-electron chi connectivity index (χ4n) is 2.84. The van der Waals surface area contributed by atoms with Crippen LogP contribution < -0.4 is 18.9 Å². The molecule has 0 spiro atoms. The van der Waals surface area contributed by atoms with Gasteiger partial charge in [-0.05, 0) is 44.2 Å². The van der Waals surface area contributed by atoms with Crippen LogP contribution in [0.3, 0.4) is 0 Å². The number of methoxy groups -OCH3 is 3. The minimum atomic E-state index is 0.591. The van der Waals surface area contributed by atoms with Crippen molar-refractivity contribution in [1.82, 2.24) is 4.98 Å². The summed E-state index contributed by atoms with van der Waals surface area (Å²) in [4.78, 5) is 5.98. The summed E-state index contributed by atoms with van der Waals surface area (Å²) in [7, 11) is 4.93. The average molecular weight is 385 g/mol. The van der Waals surface area contributed by atoms with Gasteiger partial charge in [-0.1, -0.05) is 0 Å². The monoisotopic (exact) mass is 385 g/mol. The Morgan fingerprint density at radius 2 is 1.67 bits per heavy atom. The number of aromatic nitrogens is 1. The van der Waals surface area contributed by atoms with Crippen LogP contribution in [0.2, 0.25) is 0 Å². The minimum Gasteiger partial charge on any atom is -0.497 e. The first-order chi connectivity index (χ1) is 13.1. The van der Waals surface area contributed by atoms with Gasteiger partial charge in [0.2, 0.25) is 0 Å². The predicted molar refractivity (Wildman–Crippen MR) is 109 cm³/mol. The molecule has 0 bridgehead atoms. The lowest BCUT2D eigenvalue weighted by Crippen LogP contribution is -1.95. The van der Waals surface area contributed by atoms with Gasteiger partial charge in [0.05, 0.1) is 33.6 Å². The molecule has 0 unspecified atom stereocenters. The van der Waals surface area contributed by atoms with Crippen LogP contribution in [-0.4, -0.2) is 32.9 Å². The molecule has 0 atom stereocenters. The molecule has 2 aromatic carbocycles. The fraction of sp³-hybridized carbons (Fsp3) is 0.286. The van der Waals surface area contributed by atoms with E-state index in [-0.39, 0.29) is 0 Å². The Hall–Kier alpha value is -2.73. The van der Waals surface area contributed by atoms with Crippen molar-refractivity contribution in [3.8, 4) is 44.8 Å². The van der Waals surface area contributed by atoms with Crippen molar-refractivity contribution < 1.29 is 18.9 Å². The van der Waals surface area contributed by atoms with Gasteiger partial charge in [0, 0.05) is 22.1 Å². The maximum absolute atomic E-state index is 5.60. The third kappa shape index (κ3) is 3.85. The second-order valence-corrected chi connectivity index (χ2v) is 6.99. The second-order valence-electron chi connectivity index (χ2n) is 5.79. The third-order valence-electron chi connectivity index (χ3n) is 4.17. The van der Waals surface area contributed by atoms with Crippen LogP contribution in [0.25, 0.3) is 21.8 Å². The van der Waals surface area contributed by atoms with E-state index in [1.165, 1.54) is 0 Å². The maximum atomic E-state index is 5.60. The zero-order valence-corrected chi connectivity index (χ0v) is 17.0. The predicted octanol–water partition coefficient (Wildman–Crippen LogP) is 5.21. The molecule has 1 heterocycles. The molecule has 0 aliphatic carbocycles. The first-order valence-corrected chi connectivity index (χ1v) is 9.44. The Morgan fingerprint density at radius 1 is 0.889 bits per heavy atom. The molecule has 0 N–H and O–H groups in total. The summed E-state index contributed by atoms with van der Waals surface area (Å²) >= 11 is 1.64. The fourth-order valence-corrected chi connectivity index (χ4v) is 3.76. The van der Waals surface area contributed by atoms with Crippen molar-refractivity contribution in [2.24, 2.45) is 0 Å². The Labute approximate surface area is 163 Å². The highest BCUT2D eigenvalue weighted by Crippen LogP contribution is 2.40. The largest absolute Gasteiger partial charge is 0.497 e. The lowest BCUT2D eigenvalue weighted by atomic mass is 10.1. The smallest absolute Gasteiger partial charge is 0.161 e. The number of rotatable bonds is 7. The summed E-state index contributed by atoms with van der Waals surface area (Å²) in [6.45, 7) is 4.60. The van der Waals surface area contributed by atoms with Crippen molar-refractivity contribution >= 4 is 11.3 Å². The molecule has 3 rings (SSSR count). The molecular formula is C21H23NO4S. The van der Waals surface area contributed by atoms with E-state index in [1.807, 2.05) is 43.3 Å². The van der Waals surface area contributed by atoms with Gasteiger partial charge in [0.25, 0.3) is 0 Å². The van der Waals surface area contributed by atoms with Crippen LogP contribution in [0.1, 0.15) is 11.8 Å². The molecule has 6 heteroatoms. The molecule has 0 aliphatic heterocycles. The maximum Gasteiger partial charge on any atom is 0.161 e. The molecule has 142 valence electrons. The van der Waals surface area contributed by atoms with E-state index in [1.54, 1.807) is 32.7 Å². The van der Waals surface area contributed by atoms with Gasteiger partial charge in [0.15, 0.2) is 11.5 Å². The standard InChI is InChI=1S/C21H23NO4S/c1-6-26-17-10-7-14(11-19(17)25-5)21-22-20(13(2)27-21)16-9-8-15(23-3)12-18(16)24-4/h7-12H,6H2,1-5H3. The van der Waals surface area contributed by atoms with Crippen molar-refractivity contribution in [3.63, 3.8) is 0 Å². The number of thiazole rings is 1. The van der Waals surface area contributed by atoms with Crippen molar-refractivity contribution in [2.75, 3.05) is 27.9 Å². The SMILES string of the molecule is CCOc1ccc(-c2nc(-c3ccc(OC)cc3OC)c(C)s2)cc1OC. The highest BCUT2D eigenvalue weighted by Gasteiger charge is 2.17. The van der Waals surface area contributed by atoms with Crippen molar-refractivity contribution in [1.29, 1.82) is 0 Å². The van der Waals surface area contributed by atoms with E-state index in [4.69, 9.17) is 23.9 Å². The Morgan fingerprint density at radius 3 is 2.33 bits per heavy atom. The van der Waals surface area contributed by atoms with Crippen LogP contribution in [0.5, 0.6) is 23.0 Å². The first kappa shape index (κ1) is 19.0. The number of ether oxygens (including phenoxy) is 4. The van der Waals surface area contributed by atoms with E-state index in [2.05, 4.69) is 6.92 Å². The lowest BCUT2D eigenvalue weighted by molar-refractivity contribution is 0.311. The number of hydrogen-bond donors (Lipinski definition) is 0. The van der Waals surface area contributed by atoms with Gasteiger partial charge in [0.1, 0.15) is 16.5 Å². The van der Waals surface area contributed by atoms with Crippen LogP contribution in [0.4, 0.5) is 0 Å². The third-order valence-corrected chi connectivity index (χ3v) is 5.19. The summed E-state index contributed by atoms with van der Waals surface area (Å²) in [5.74, 6) is 2.92. The Bertz CT molecular complexity index is 936. The van der Waals surface area contributed by atoms with E-state index in [0.717, 1.165) is 44.0 Å². The quantitative estimate of drug-likeness (QED) is 0.559. The summed E-state index contributed by atoms with van der Waals surface area (Å²) in [6, 6.07) is 11.6. The molecule has 0 amide bonds. The molecular weight excluding hydrogens is 362 g/mol. The molecule has 0 aliphatic rings. The topological polar surface area (TPSA) is 49.8 Å². The number of hydrogen-bond acceptors (Lipinski definition) is 6. The van der Waals surface area contributed by atoms with Crippen molar-refractivity contribution in [3.05, 3.63) is 41.3 Å². The van der Waals surface area contributed by atoms with Crippen LogP contribution in [0.15, 0.2) is 36.4 Å². The van der Waals surface area contributed by atoms with Crippen LogP contribution >= 0.6 is 11.3 Å². The van der Waals surface area contributed by atoms with E-state index < -0.39 is 0 Å². The van der Waals surface area contributed by atoms with Gasteiger partial charge in [-0.3, -0.25) is 0 Å². The van der Waals surface area contributed by atoms with Crippen LogP contribution in [-0.2, 0) is 0 Å².